The van der Waals surface area contributed by atoms with Crippen LogP contribution in [0, 0.1) is 0 Å². The Balaban J connectivity index is 2.39. The van der Waals surface area contributed by atoms with E-state index in [1.807, 2.05) is 0 Å². The van der Waals surface area contributed by atoms with Crippen molar-refractivity contribution >= 4 is 29.3 Å². The molecule has 2 N–H and O–H groups in total. The van der Waals surface area contributed by atoms with Crippen molar-refractivity contribution in [2.24, 2.45) is 0 Å². The molecule has 98 valence electrons. The minimum Gasteiger partial charge on any atom is -0.481 e. The fourth-order valence-electron chi connectivity index (χ4n) is 1.32. The van der Waals surface area contributed by atoms with E-state index >= 15 is 0 Å². The van der Waals surface area contributed by atoms with E-state index in [0.717, 1.165) is 0 Å². The van der Waals surface area contributed by atoms with Gasteiger partial charge >= 0.3 is 12.0 Å². The van der Waals surface area contributed by atoms with Crippen molar-refractivity contribution in [2.75, 3.05) is 18.9 Å². The first-order valence-corrected chi connectivity index (χ1v) is 5.86. The summed E-state index contributed by atoms with van der Waals surface area (Å²) in [6, 6.07) is 6.49. The van der Waals surface area contributed by atoms with E-state index in [1.165, 1.54) is 4.90 Å². The highest BCUT2D eigenvalue weighted by Crippen LogP contribution is 2.13. The monoisotopic (exact) mass is 270 g/mol. The van der Waals surface area contributed by atoms with Crippen LogP contribution in [0.1, 0.15) is 12.8 Å². The maximum atomic E-state index is 11.7. The molecule has 0 aliphatic carbocycles. The summed E-state index contributed by atoms with van der Waals surface area (Å²) in [6.07, 6.45) is 0.485. The predicted octanol–water partition coefficient (Wildman–Crippen LogP) is 2.67. The van der Waals surface area contributed by atoms with E-state index in [0.29, 0.717) is 23.7 Å². The lowest BCUT2D eigenvalue weighted by Gasteiger charge is -2.17. The normalized spacial score (nSPS) is 9.89. The van der Waals surface area contributed by atoms with E-state index in [1.54, 1.807) is 31.3 Å². The number of anilines is 1. The van der Waals surface area contributed by atoms with Crippen LogP contribution in [-0.2, 0) is 4.79 Å². The molecule has 1 aromatic carbocycles. The molecule has 0 saturated heterocycles. The lowest BCUT2D eigenvalue weighted by atomic mass is 10.3. The lowest BCUT2D eigenvalue weighted by Crippen LogP contribution is -2.32. The van der Waals surface area contributed by atoms with Gasteiger partial charge in [0.1, 0.15) is 0 Å². The summed E-state index contributed by atoms with van der Waals surface area (Å²) < 4.78 is 0. The molecule has 1 aromatic rings. The molecule has 6 heteroatoms. The number of carboxylic acid groups (broad SMARTS) is 1. The van der Waals surface area contributed by atoms with E-state index in [4.69, 9.17) is 16.7 Å². The number of nitrogens with zero attached hydrogens (tertiary/aromatic N) is 1. The third-order valence-corrected chi connectivity index (χ3v) is 2.58. The summed E-state index contributed by atoms with van der Waals surface area (Å²) in [4.78, 5) is 23.5. The number of hydrogen-bond donors (Lipinski definition) is 2. The number of halogens is 1. The molecule has 5 nitrogen and oxygen atoms in total. The Kier molecular flexibility index (Phi) is 5.45. The Bertz CT molecular complexity index is 420. The Morgan fingerprint density at radius 1 is 1.33 bits per heavy atom. The van der Waals surface area contributed by atoms with Crippen molar-refractivity contribution < 1.29 is 14.7 Å². The smallest absolute Gasteiger partial charge is 0.321 e. The maximum Gasteiger partial charge on any atom is 0.321 e. The van der Waals surface area contributed by atoms with Gasteiger partial charge in [-0.05, 0) is 30.7 Å². The summed E-state index contributed by atoms with van der Waals surface area (Å²) >= 11 is 5.73. The number of carboxylic acids is 1. The number of aliphatic carboxylic acids is 1. The highest BCUT2D eigenvalue weighted by atomic mass is 35.5. The van der Waals surface area contributed by atoms with Crippen LogP contribution >= 0.6 is 11.6 Å². The second-order valence-electron chi connectivity index (χ2n) is 3.86. The first-order valence-electron chi connectivity index (χ1n) is 5.48. The van der Waals surface area contributed by atoms with Gasteiger partial charge in [0.25, 0.3) is 0 Å². The van der Waals surface area contributed by atoms with Crippen molar-refractivity contribution in [1.82, 2.24) is 4.90 Å². The Morgan fingerprint density at radius 2 is 1.94 bits per heavy atom. The molecule has 0 bridgehead atoms. The number of amides is 2. The highest BCUT2D eigenvalue weighted by Gasteiger charge is 2.09. The molecule has 0 fully saturated rings. The SMILES string of the molecule is CN(CCCC(=O)O)C(=O)Nc1ccc(Cl)cc1. The Labute approximate surface area is 110 Å². The fraction of sp³-hybridized carbons (Fsp3) is 0.333. The number of benzene rings is 1. The van der Waals surface area contributed by atoms with E-state index in [9.17, 15) is 9.59 Å². The molecular formula is C12H15ClN2O3. The van der Waals surface area contributed by atoms with Crippen molar-refractivity contribution in [3.8, 4) is 0 Å². The van der Waals surface area contributed by atoms with Gasteiger partial charge in [-0.25, -0.2) is 4.79 Å². The van der Waals surface area contributed by atoms with Gasteiger partial charge in [-0.3, -0.25) is 4.79 Å². The third kappa shape index (κ3) is 5.05. The molecule has 0 heterocycles. The number of carbonyl (C=O) groups excluding carboxylic acids is 1. The molecule has 0 spiro atoms. The van der Waals surface area contributed by atoms with Crippen LogP contribution in [0.2, 0.25) is 5.02 Å². The van der Waals surface area contributed by atoms with Gasteiger partial charge in [-0.15, -0.1) is 0 Å². The summed E-state index contributed by atoms with van der Waals surface area (Å²) in [6.45, 7) is 0.395. The number of carbonyl (C=O) groups is 2. The van der Waals surface area contributed by atoms with Gasteiger partial charge in [0, 0.05) is 30.7 Å². The number of urea groups is 1. The molecule has 0 radical (unpaired) electrons. The van der Waals surface area contributed by atoms with Crippen LogP contribution in [0.4, 0.5) is 10.5 Å². The fourth-order valence-corrected chi connectivity index (χ4v) is 1.45. The Hall–Kier alpha value is -1.75. The number of rotatable bonds is 5. The minimum absolute atomic E-state index is 0.0541. The van der Waals surface area contributed by atoms with Gasteiger partial charge in [0.15, 0.2) is 0 Å². The van der Waals surface area contributed by atoms with Gasteiger partial charge in [-0.2, -0.15) is 0 Å². The molecule has 18 heavy (non-hydrogen) atoms. The van der Waals surface area contributed by atoms with E-state index in [2.05, 4.69) is 5.32 Å². The molecule has 0 saturated carbocycles. The van der Waals surface area contributed by atoms with Crippen LogP contribution in [0.25, 0.3) is 0 Å². The van der Waals surface area contributed by atoms with Crippen LogP contribution in [0.3, 0.4) is 0 Å². The molecule has 2 amide bonds. The molecular weight excluding hydrogens is 256 g/mol. The second kappa shape index (κ2) is 6.86. The Morgan fingerprint density at radius 3 is 2.50 bits per heavy atom. The van der Waals surface area contributed by atoms with E-state index in [-0.39, 0.29) is 12.5 Å². The number of nitrogens with one attached hydrogen (secondary N) is 1. The molecule has 0 aromatic heterocycles. The second-order valence-corrected chi connectivity index (χ2v) is 4.29. The number of hydrogen-bond acceptors (Lipinski definition) is 2. The average Bonchev–Trinajstić information content (AvgIpc) is 2.31. The zero-order valence-electron chi connectivity index (χ0n) is 10.0. The molecule has 0 aliphatic heterocycles. The van der Waals surface area contributed by atoms with Crippen LogP contribution in [-0.4, -0.2) is 35.6 Å². The molecule has 0 aliphatic rings. The van der Waals surface area contributed by atoms with Crippen molar-refractivity contribution in [2.45, 2.75) is 12.8 Å². The van der Waals surface area contributed by atoms with Crippen molar-refractivity contribution in [1.29, 1.82) is 0 Å². The lowest BCUT2D eigenvalue weighted by molar-refractivity contribution is -0.137. The third-order valence-electron chi connectivity index (χ3n) is 2.33. The first kappa shape index (κ1) is 14.3. The summed E-state index contributed by atoms with van der Waals surface area (Å²) in [5.74, 6) is -0.860. The highest BCUT2D eigenvalue weighted by molar-refractivity contribution is 6.30. The first-order chi connectivity index (χ1) is 8.49. The van der Waals surface area contributed by atoms with Crippen molar-refractivity contribution in [3.63, 3.8) is 0 Å². The molecule has 1 rings (SSSR count). The zero-order valence-corrected chi connectivity index (χ0v) is 10.8. The van der Waals surface area contributed by atoms with E-state index < -0.39 is 5.97 Å². The average molecular weight is 271 g/mol. The van der Waals surface area contributed by atoms with Crippen LogP contribution in [0.15, 0.2) is 24.3 Å². The van der Waals surface area contributed by atoms with Gasteiger partial charge < -0.3 is 15.3 Å². The van der Waals surface area contributed by atoms with Gasteiger partial charge in [0.05, 0.1) is 0 Å². The molecule has 0 atom stereocenters. The zero-order chi connectivity index (χ0) is 13.5. The quantitative estimate of drug-likeness (QED) is 0.864. The maximum absolute atomic E-state index is 11.7. The van der Waals surface area contributed by atoms with Gasteiger partial charge in [-0.1, -0.05) is 11.6 Å². The standard InChI is InChI=1S/C12H15ClN2O3/c1-15(8-2-3-11(16)17)12(18)14-10-6-4-9(13)5-7-10/h4-7H,2-3,8H2,1H3,(H,14,18)(H,16,17). The summed E-state index contributed by atoms with van der Waals surface area (Å²) in [5, 5.41) is 11.8. The van der Waals surface area contributed by atoms with Crippen LogP contribution < -0.4 is 5.32 Å². The van der Waals surface area contributed by atoms with Crippen LogP contribution in [0.5, 0.6) is 0 Å². The topological polar surface area (TPSA) is 69.6 Å². The minimum atomic E-state index is -0.860. The largest absolute Gasteiger partial charge is 0.481 e. The summed E-state index contributed by atoms with van der Waals surface area (Å²) in [5.41, 5.74) is 0.648. The van der Waals surface area contributed by atoms with Gasteiger partial charge in [0.2, 0.25) is 0 Å². The summed E-state index contributed by atoms with van der Waals surface area (Å²) in [7, 11) is 1.62. The molecule has 0 unspecified atom stereocenters. The predicted molar refractivity (Wildman–Crippen MR) is 70.0 cm³/mol. The van der Waals surface area contributed by atoms with Crippen molar-refractivity contribution in [3.05, 3.63) is 29.3 Å².